The van der Waals surface area contributed by atoms with E-state index >= 15 is 0 Å². The summed E-state index contributed by atoms with van der Waals surface area (Å²) < 4.78 is 0. The largest absolute Gasteiger partial charge is 0.0561 e. The van der Waals surface area contributed by atoms with Crippen LogP contribution in [0.5, 0.6) is 0 Å². The monoisotopic (exact) mass is 1050 g/mol. The molecule has 0 saturated heterocycles. The van der Waals surface area contributed by atoms with Crippen molar-refractivity contribution in [2.24, 2.45) is 0 Å². The maximum atomic E-state index is 2.65. The van der Waals surface area contributed by atoms with Gasteiger partial charge in [0, 0.05) is 21.2 Å². The molecule has 0 N–H and O–H groups in total. The van der Waals surface area contributed by atoms with Gasteiger partial charge < -0.3 is 0 Å². The molecule has 0 saturated carbocycles. The first-order chi connectivity index (χ1) is 31.8. The van der Waals surface area contributed by atoms with Gasteiger partial charge in [0.1, 0.15) is 0 Å². The third-order valence-corrected chi connectivity index (χ3v) is 20.7. The minimum absolute atomic E-state index is 0.000102. The third kappa shape index (κ3) is 15.0. The van der Waals surface area contributed by atoms with Gasteiger partial charge in [-0.2, -0.15) is 0 Å². The summed E-state index contributed by atoms with van der Waals surface area (Å²) >= 11 is 0. The molecular weight excluding hydrogens is 941 g/mol. The van der Waals surface area contributed by atoms with E-state index in [9.17, 15) is 0 Å². The Morgan fingerprint density at radius 3 is 0.625 bits per heavy atom. The van der Waals surface area contributed by atoms with E-state index in [2.05, 4.69) is 270 Å². The molecule has 0 fully saturated rings. The molecule has 0 spiro atoms. The van der Waals surface area contributed by atoms with Gasteiger partial charge in [0.25, 0.3) is 0 Å². The quantitative estimate of drug-likeness (QED) is 0.162. The van der Waals surface area contributed by atoms with Crippen LogP contribution in [0.15, 0.2) is 48.5 Å². The van der Waals surface area contributed by atoms with E-state index in [4.69, 9.17) is 0 Å². The van der Waals surface area contributed by atoms with Crippen LogP contribution in [0.4, 0.5) is 0 Å². The summed E-state index contributed by atoms with van der Waals surface area (Å²) in [5.74, 6) is 0. The molecule has 4 aromatic carbocycles. The molecule has 0 aromatic heterocycles. The molecule has 0 atom stereocenters. The first kappa shape index (κ1) is 62.6. The first-order valence-corrected chi connectivity index (χ1v) is 32.4. The van der Waals surface area contributed by atoms with Gasteiger partial charge in [0.15, 0.2) is 0 Å². The van der Waals surface area contributed by atoms with Crippen LogP contribution in [0.2, 0.25) is 0 Å². The van der Waals surface area contributed by atoms with Crippen LogP contribution in [0, 0.1) is 0 Å². The minimum Gasteiger partial charge on any atom is -0.0561 e. The minimum atomic E-state index is -0.191. The second-order valence-electron chi connectivity index (χ2n) is 32.8. The summed E-state index contributed by atoms with van der Waals surface area (Å²) in [5.41, 5.74) is 17.6. The Hall–Kier alpha value is -1.92. The molecule has 0 aliphatic rings. The maximum absolute atomic E-state index is 2.65. The van der Waals surface area contributed by atoms with E-state index in [1.54, 1.807) is 0 Å². The van der Waals surface area contributed by atoms with Crippen LogP contribution in [0.1, 0.15) is 288 Å². The smallest absolute Gasteiger partial charge is 0.0139 e. The Morgan fingerprint density at radius 2 is 0.403 bits per heavy atom. The summed E-state index contributed by atoms with van der Waals surface area (Å²) in [6, 6.07) is 20.7. The van der Waals surface area contributed by atoms with Gasteiger partial charge in [-0.1, -0.05) is 270 Å². The van der Waals surface area contributed by atoms with Gasteiger partial charge in [-0.3, -0.25) is 0 Å². The fourth-order valence-corrected chi connectivity index (χ4v) is 17.7. The van der Waals surface area contributed by atoms with Crippen molar-refractivity contribution < 1.29 is 0 Å². The molecule has 72 heavy (non-hydrogen) atoms. The van der Waals surface area contributed by atoms with E-state index < -0.39 is 0 Å². The Morgan fingerprint density at radius 1 is 0.222 bits per heavy atom. The second kappa shape index (κ2) is 20.5. The van der Waals surface area contributed by atoms with Gasteiger partial charge in [0.2, 0.25) is 0 Å². The van der Waals surface area contributed by atoms with Gasteiger partial charge in [-0.05, 0) is 164 Å². The highest BCUT2D eigenvalue weighted by molar-refractivity contribution is 7.92. The Balaban J connectivity index is 2.25. The van der Waals surface area contributed by atoms with E-state index in [0.717, 1.165) is 6.42 Å². The van der Waals surface area contributed by atoms with Crippen molar-refractivity contribution in [1.82, 2.24) is 0 Å². The Labute approximate surface area is 453 Å². The molecule has 4 rings (SSSR count). The van der Waals surface area contributed by atoms with Crippen molar-refractivity contribution in [1.29, 1.82) is 0 Å². The summed E-state index contributed by atoms with van der Waals surface area (Å²) in [7, 11) is 5.41. The number of hydrogen-bond donors (Lipinski definition) is 0. The fraction of sp³-hybridized carbons (Fsp3) is 0.647. The molecular formula is C68H106P4. The van der Waals surface area contributed by atoms with Gasteiger partial charge in [0.05, 0.1) is 0 Å². The fourth-order valence-electron chi connectivity index (χ4n) is 9.62. The summed E-state index contributed by atoms with van der Waals surface area (Å²) in [4.78, 5) is 0. The molecule has 0 heterocycles. The molecule has 398 valence electrons. The summed E-state index contributed by atoms with van der Waals surface area (Å²) in [5, 5.41) is 6.07. The maximum Gasteiger partial charge on any atom is 0.0139 e. The van der Waals surface area contributed by atoms with Crippen LogP contribution < -0.4 is 21.2 Å². The highest BCUT2D eigenvalue weighted by Gasteiger charge is 2.36. The zero-order chi connectivity index (χ0) is 55.9. The average Bonchev–Trinajstić information content (AvgIpc) is 3.14. The van der Waals surface area contributed by atoms with Crippen molar-refractivity contribution in [3.05, 3.63) is 115 Å². The molecule has 0 aliphatic heterocycles. The van der Waals surface area contributed by atoms with E-state index in [1.165, 1.54) is 119 Å². The van der Waals surface area contributed by atoms with Crippen molar-refractivity contribution in [2.75, 3.05) is 0 Å². The predicted octanol–water partition coefficient (Wildman–Crippen LogP) is 20.7. The van der Waals surface area contributed by atoms with Gasteiger partial charge in [-0.15, -0.1) is 0 Å². The van der Waals surface area contributed by atoms with Crippen molar-refractivity contribution >= 4 is 52.7 Å². The predicted molar refractivity (Wildman–Crippen MR) is 336 cm³/mol. The first-order valence-electron chi connectivity index (χ1n) is 27.4. The highest BCUT2D eigenvalue weighted by atomic mass is 31.7. The SMILES string of the molecule is CC(C)(C)c1cc(CC(C)(C)c2cc(C(C)(C)C)cc(C(C)(C)C)c2P=Pc2c(C(C)(C)C)cc(C(C)(C)C)cc2C(C)(C)C)c(P=Pc2c(C(C)(C)C)cc(C(C)(C)C)cc2C(C)(C)C)c(C(C)(C)C)c1. The standard InChI is InChI=1S/C68H106P4/c1-58(2,3)43-33-42(54(47(34-43)62(13,14)15)69-70-55-48(63(16,17)18)35-44(59(4,5)6)36-49(55)64(19,20)21)41-68(31,32)53-40-46(61(10,11)12)39-52(67(28,29)30)57(53)72-71-56-50(65(22,23)24)37-45(60(7,8)9)38-51(56)66(25,26)27/h33-40H,41H2,1-32H3. The van der Waals surface area contributed by atoms with Gasteiger partial charge >= 0.3 is 0 Å². The molecule has 0 nitrogen and oxygen atoms in total. The molecule has 4 aromatic rings. The van der Waals surface area contributed by atoms with Crippen molar-refractivity contribution in [3.8, 4) is 0 Å². The topological polar surface area (TPSA) is 0 Å². The Kier molecular flexibility index (Phi) is 17.8. The lowest BCUT2D eigenvalue weighted by atomic mass is 9.72. The van der Waals surface area contributed by atoms with Crippen LogP contribution in [-0.4, -0.2) is 0 Å². The molecule has 4 heteroatoms. The molecule has 0 bridgehead atoms. The average molecular weight is 1050 g/mol. The van der Waals surface area contributed by atoms with Crippen molar-refractivity contribution in [3.63, 3.8) is 0 Å². The number of benzene rings is 4. The van der Waals surface area contributed by atoms with Crippen molar-refractivity contribution in [2.45, 2.75) is 288 Å². The third-order valence-electron chi connectivity index (χ3n) is 14.7. The molecule has 0 radical (unpaired) electrons. The Bertz CT molecular complexity index is 2610. The van der Waals surface area contributed by atoms with Crippen LogP contribution in [0.3, 0.4) is 0 Å². The zero-order valence-electron chi connectivity index (χ0n) is 52.6. The van der Waals surface area contributed by atoms with Crippen LogP contribution in [0.25, 0.3) is 0 Å². The number of hydrogen-bond acceptors (Lipinski definition) is 0. The molecule has 0 aliphatic carbocycles. The molecule has 0 unspecified atom stereocenters. The highest BCUT2D eigenvalue weighted by Crippen LogP contribution is 2.44. The second-order valence-corrected chi connectivity index (χ2v) is 37.7. The zero-order valence-corrected chi connectivity index (χ0v) is 56.2. The summed E-state index contributed by atoms with van der Waals surface area (Å²) in [6.45, 7) is 77.6. The normalized spacial score (nSPS) is 14.6. The van der Waals surface area contributed by atoms with E-state index in [-0.39, 0.29) is 59.6 Å². The summed E-state index contributed by atoms with van der Waals surface area (Å²) in [6.07, 6.45) is 0.955. The van der Waals surface area contributed by atoms with E-state index in [0.29, 0.717) is 0 Å². The lowest BCUT2D eigenvalue weighted by Gasteiger charge is -2.36. The lowest BCUT2D eigenvalue weighted by molar-refractivity contribution is 0.512. The van der Waals surface area contributed by atoms with Crippen LogP contribution in [-0.2, 0) is 66.0 Å². The lowest BCUT2D eigenvalue weighted by Crippen LogP contribution is -2.34. The molecule has 0 amide bonds. The van der Waals surface area contributed by atoms with Crippen LogP contribution >= 0.6 is 31.5 Å². The van der Waals surface area contributed by atoms with Gasteiger partial charge in [-0.25, -0.2) is 0 Å². The number of rotatable bonds is 7. The van der Waals surface area contributed by atoms with E-state index in [1.807, 2.05) is 0 Å².